The number of rotatable bonds is 5. The molecule has 2 aromatic carbocycles. The van der Waals surface area contributed by atoms with E-state index in [0.717, 1.165) is 16.6 Å². The standard InChI is InChI=1S/C18H18N2O/c1-21-13-17(14-7-3-2-4-8-14)20-16-11-5-9-15-10-6-12-19-18(15)16/h2-12,17,20H,13H2,1H3. The summed E-state index contributed by atoms with van der Waals surface area (Å²) < 4.78 is 5.36. The molecule has 0 spiro atoms. The zero-order valence-electron chi connectivity index (χ0n) is 12.0. The number of hydrogen-bond donors (Lipinski definition) is 1. The summed E-state index contributed by atoms with van der Waals surface area (Å²) in [6, 6.07) is 20.6. The maximum absolute atomic E-state index is 5.36. The van der Waals surface area contributed by atoms with E-state index in [1.165, 1.54) is 5.56 Å². The van der Waals surface area contributed by atoms with Gasteiger partial charge in [-0.3, -0.25) is 4.98 Å². The molecule has 0 saturated carbocycles. The van der Waals surface area contributed by atoms with Gasteiger partial charge in [-0.05, 0) is 17.7 Å². The molecular weight excluding hydrogens is 260 g/mol. The SMILES string of the molecule is COCC(Nc1cccc2cccnc12)c1ccccc1. The van der Waals surface area contributed by atoms with E-state index >= 15 is 0 Å². The molecule has 1 heterocycles. The number of benzene rings is 2. The Balaban J connectivity index is 1.95. The van der Waals surface area contributed by atoms with Gasteiger partial charge in [0.25, 0.3) is 0 Å². The summed E-state index contributed by atoms with van der Waals surface area (Å²) in [6.07, 6.45) is 1.82. The van der Waals surface area contributed by atoms with Gasteiger partial charge in [-0.2, -0.15) is 0 Å². The van der Waals surface area contributed by atoms with Crippen molar-refractivity contribution in [3.63, 3.8) is 0 Å². The van der Waals surface area contributed by atoms with Gasteiger partial charge in [-0.25, -0.2) is 0 Å². The number of para-hydroxylation sites is 1. The predicted molar refractivity (Wildman–Crippen MR) is 86.4 cm³/mol. The van der Waals surface area contributed by atoms with Crippen LogP contribution in [-0.4, -0.2) is 18.7 Å². The summed E-state index contributed by atoms with van der Waals surface area (Å²) in [5.74, 6) is 0. The third kappa shape index (κ3) is 3.03. The summed E-state index contributed by atoms with van der Waals surface area (Å²) in [5, 5.41) is 4.68. The molecule has 0 fully saturated rings. The maximum atomic E-state index is 5.36. The molecule has 3 heteroatoms. The van der Waals surface area contributed by atoms with Crippen LogP contribution >= 0.6 is 0 Å². The molecule has 3 aromatic rings. The molecule has 0 aliphatic rings. The summed E-state index contributed by atoms with van der Waals surface area (Å²) >= 11 is 0. The molecule has 0 amide bonds. The zero-order chi connectivity index (χ0) is 14.5. The van der Waals surface area contributed by atoms with Gasteiger partial charge in [0, 0.05) is 18.7 Å². The Kier molecular flexibility index (Phi) is 4.12. The van der Waals surface area contributed by atoms with E-state index in [2.05, 4.69) is 40.6 Å². The Morgan fingerprint density at radius 1 is 1.00 bits per heavy atom. The number of fused-ring (bicyclic) bond motifs is 1. The van der Waals surface area contributed by atoms with Crippen molar-refractivity contribution in [2.24, 2.45) is 0 Å². The molecule has 1 N–H and O–H groups in total. The number of methoxy groups -OCH3 is 1. The minimum Gasteiger partial charge on any atom is -0.382 e. The molecule has 1 atom stereocenters. The number of pyridine rings is 1. The van der Waals surface area contributed by atoms with Gasteiger partial charge in [0.1, 0.15) is 0 Å². The van der Waals surface area contributed by atoms with Crippen molar-refractivity contribution in [2.75, 3.05) is 19.0 Å². The molecule has 0 bridgehead atoms. The van der Waals surface area contributed by atoms with Crippen molar-refractivity contribution in [1.29, 1.82) is 0 Å². The van der Waals surface area contributed by atoms with E-state index in [1.807, 2.05) is 36.5 Å². The fraction of sp³-hybridized carbons (Fsp3) is 0.167. The molecule has 0 radical (unpaired) electrons. The van der Waals surface area contributed by atoms with Crippen LogP contribution in [0.3, 0.4) is 0 Å². The first-order valence-electron chi connectivity index (χ1n) is 7.02. The fourth-order valence-electron chi connectivity index (χ4n) is 2.48. The van der Waals surface area contributed by atoms with Gasteiger partial charge in [-0.15, -0.1) is 0 Å². The molecular formula is C18H18N2O. The smallest absolute Gasteiger partial charge is 0.0933 e. The van der Waals surface area contributed by atoms with Crippen molar-refractivity contribution in [2.45, 2.75) is 6.04 Å². The van der Waals surface area contributed by atoms with Crippen LogP contribution in [0.2, 0.25) is 0 Å². The van der Waals surface area contributed by atoms with E-state index < -0.39 is 0 Å². The van der Waals surface area contributed by atoms with Crippen molar-refractivity contribution >= 4 is 16.6 Å². The first-order valence-corrected chi connectivity index (χ1v) is 7.02. The number of nitrogens with zero attached hydrogens (tertiary/aromatic N) is 1. The van der Waals surface area contributed by atoms with Crippen LogP contribution in [-0.2, 0) is 4.74 Å². The van der Waals surface area contributed by atoms with Gasteiger partial charge in [0.15, 0.2) is 0 Å². The summed E-state index contributed by atoms with van der Waals surface area (Å²) in [6.45, 7) is 0.604. The lowest BCUT2D eigenvalue weighted by Gasteiger charge is -2.20. The van der Waals surface area contributed by atoms with Crippen molar-refractivity contribution < 1.29 is 4.74 Å². The highest BCUT2D eigenvalue weighted by Crippen LogP contribution is 2.25. The highest BCUT2D eigenvalue weighted by molar-refractivity contribution is 5.90. The van der Waals surface area contributed by atoms with Crippen molar-refractivity contribution in [3.8, 4) is 0 Å². The minimum absolute atomic E-state index is 0.101. The second kappa shape index (κ2) is 6.37. The molecule has 1 unspecified atom stereocenters. The Hall–Kier alpha value is -2.39. The Morgan fingerprint density at radius 3 is 2.62 bits per heavy atom. The monoisotopic (exact) mass is 278 g/mol. The van der Waals surface area contributed by atoms with Gasteiger partial charge in [0.05, 0.1) is 23.9 Å². The molecule has 21 heavy (non-hydrogen) atoms. The van der Waals surface area contributed by atoms with E-state index in [4.69, 9.17) is 4.74 Å². The van der Waals surface area contributed by atoms with Crippen LogP contribution in [0, 0.1) is 0 Å². The van der Waals surface area contributed by atoms with Gasteiger partial charge in [-0.1, -0.05) is 48.5 Å². The molecule has 0 aliphatic heterocycles. The quantitative estimate of drug-likeness (QED) is 0.765. The second-order valence-electron chi connectivity index (χ2n) is 4.94. The lowest BCUT2D eigenvalue weighted by molar-refractivity contribution is 0.186. The topological polar surface area (TPSA) is 34.1 Å². The van der Waals surface area contributed by atoms with E-state index in [9.17, 15) is 0 Å². The van der Waals surface area contributed by atoms with Crippen LogP contribution in [0.25, 0.3) is 10.9 Å². The van der Waals surface area contributed by atoms with E-state index in [0.29, 0.717) is 6.61 Å². The predicted octanol–water partition coefficient (Wildman–Crippen LogP) is 4.03. The van der Waals surface area contributed by atoms with Crippen LogP contribution in [0.15, 0.2) is 66.9 Å². The van der Waals surface area contributed by atoms with Crippen LogP contribution in [0.4, 0.5) is 5.69 Å². The molecule has 1 aromatic heterocycles. The number of aromatic nitrogens is 1. The van der Waals surface area contributed by atoms with Gasteiger partial charge < -0.3 is 10.1 Å². The number of nitrogens with one attached hydrogen (secondary N) is 1. The molecule has 106 valence electrons. The third-order valence-electron chi connectivity index (χ3n) is 3.50. The second-order valence-corrected chi connectivity index (χ2v) is 4.94. The third-order valence-corrected chi connectivity index (χ3v) is 3.50. The fourth-order valence-corrected chi connectivity index (χ4v) is 2.48. The normalized spacial score (nSPS) is 12.2. The maximum Gasteiger partial charge on any atom is 0.0933 e. The lowest BCUT2D eigenvalue weighted by Crippen LogP contribution is -2.16. The average molecular weight is 278 g/mol. The first-order chi connectivity index (χ1) is 10.4. The van der Waals surface area contributed by atoms with Crippen LogP contribution < -0.4 is 5.32 Å². The summed E-state index contributed by atoms with van der Waals surface area (Å²) in [7, 11) is 1.72. The van der Waals surface area contributed by atoms with E-state index in [1.54, 1.807) is 7.11 Å². The molecule has 3 nitrogen and oxygen atoms in total. The van der Waals surface area contributed by atoms with Gasteiger partial charge in [0.2, 0.25) is 0 Å². The van der Waals surface area contributed by atoms with Crippen LogP contribution in [0.1, 0.15) is 11.6 Å². The molecule has 3 rings (SSSR count). The lowest BCUT2D eigenvalue weighted by atomic mass is 10.1. The highest BCUT2D eigenvalue weighted by atomic mass is 16.5. The number of ether oxygens (including phenoxy) is 1. The minimum atomic E-state index is 0.101. The van der Waals surface area contributed by atoms with Crippen LogP contribution in [0.5, 0.6) is 0 Å². The number of hydrogen-bond acceptors (Lipinski definition) is 3. The largest absolute Gasteiger partial charge is 0.382 e. The average Bonchev–Trinajstić information content (AvgIpc) is 2.55. The van der Waals surface area contributed by atoms with Crippen molar-refractivity contribution in [1.82, 2.24) is 4.98 Å². The van der Waals surface area contributed by atoms with Crippen molar-refractivity contribution in [3.05, 3.63) is 72.4 Å². The Morgan fingerprint density at radius 2 is 1.81 bits per heavy atom. The zero-order valence-corrected chi connectivity index (χ0v) is 12.0. The van der Waals surface area contributed by atoms with E-state index in [-0.39, 0.29) is 6.04 Å². The summed E-state index contributed by atoms with van der Waals surface area (Å²) in [5.41, 5.74) is 3.21. The number of anilines is 1. The Bertz CT molecular complexity index is 707. The summed E-state index contributed by atoms with van der Waals surface area (Å²) in [4.78, 5) is 4.48. The van der Waals surface area contributed by atoms with Gasteiger partial charge >= 0.3 is 0 Å². The highest BCUT2D eigenvalue weighted by Gasteiger charge is 2.12. The Labute approximate surface area is 124 Å². The molecule has 0 aliphatic carbocycles. The first kappa shape index (κ1) is 13.6. The molecule has 0 saturated heterocycles.